The van der Waals surface area contributed by atoms with E-state index in [1.54, 1.807) is 22.5 Å². The molecule has 2 aromatic carbocycles. The molecule has 0 bridgehead atoms. The molecule has 1 aliphatic heterocycles. The number of aryl methyl sites for hydroxylation is 1. The van der Waals surface area contributed by atoms with Crippen LogP contribution in [0, 0.1) is 6.92 Å². The molecular formula is C24H34N4O3S. The summed E-state index contributed by atoms with van der Waals surface area (Å²) in [7, 11) is -3.61. The third-order valence-electron chi connectivity index (χ3n) is 5.71. The van der Waals surface area contributed by atoms with Crippen molar-refractivity contribution in [3.8, 4) is 0 Å². The first-order chi connectivity index (χ1) is 15.5. The van der Waals surface area contributed by atoms with Gasteiger partial charge in [0.25, 0.3) is 0 Å². The minimum absolute atomic E-state index is 0.0383. The number of nitrogens with zero attached hydrogens (tertiary/aromatic N) is 3. The molecule has 1 fully saturated rings. The summed E-state index contributed by atoms with van der Waals surface area (Å²) in [5, 5.41) is 11.0. The molecule has 0 aliphatic carbocycles. The van der Waals surface area contributed by atoms with Crippen LogP contribution in [-0.4, -0.2) is 42.2 Å². The number of benzene rings is 2. The second-order valence-corrected chi connectivity index (χ2v) is 10.2. The van der Waals surface area contributed by atoms with E-state index >= 15 is 0 Å². The van der Waals surface area contributed by atoms with Crippen molar-refractivity contribution < 1.29 is 13.0 Å². The predicted molar refractivity (Wildman–Crippen MR) is 127 cm³/mol. The first kappa shape index (κ1) is 24.4. The van der Waals surface area contributed by atoms with Crippen LogP contribution in [0.15, 0.2) is 52.0 Å². The lowest BCUT2D eigenvalue weighted by molar-refractivity contribution is 0.256. The van der Waals surface area contributed by atoms with E-state index in [9.17, 15) is 8.42 Å². The molecule has 0 spiro atoms. The maximum atomic E-state index is 13.4. The molecule has 2 heterocycles. The van der Waals surface area contributed by atoms with Gasteiger partial charge in [-0.3, -0.25) is 0 Å². The number of sulfonamides is 1. The third-order valence-corrected chi connectivity index (χ3v) is 7.62. The van der Waals surface area contributed by atoms with Crippen LogP contribution >= 0.6 is 0 Å². The van der Waals surface area contributed by atoms with E-state index in [1.807, 2.05) is 31.2 Å². The minimum atomic E-state index is -3.61. The van der Waals surface area contributed by atoms with Crippen molar-refractivity contribution in [3.05, 3.63) is 53.6 Å². The fourth-order valence-corrected chi connectivity index (χ4v) is 5.48. The average molecular weight is 459 g/mol. The Kier molecular flexibility index (Phi) is 8.78. The summed E-state index contributed by atoms with van der Waals surface area (Å²) in [5.74, 6) is 0. The fraction of sp³-hybridized carbons (Fsp3) is 0.500. The summed E-state index contributed by atoms with van der Waals surface area (Å²) in [6, 6.07) is 12.5. The Morgan fingerprint density at radius 3 is 2.28 bits per heavy atom. The first-order valence-corrected chi connectivity index (χ1v) is 12.9. The Morgan fingerprint density at radius 1 is 1.00 bits per heavy atom. The molecule has 0 amide bonds. The van der Waals surface area contributed by atoms with E-state index < -0.39 is 10.0 Å². The Morgan fingerprint density at radius 2 is 1.66 bits per heavy atom. The summed E-state index contributed by atoms with van der Waals surface area (Å²) >= 11 is 0. The lowest BCUT2D eigenvalue weighted by Gasteiger charge is -2.34. The molecule has 1 aromatic heterocycles. The number of unbranched alkanes of at least 4 members (excludes halogenated alkanes) is 2. The summed E-state index contributed by atoms with van der Waals surface area (Å²) < 4.78 is 33.2. The van der Waals surface area contributed by atoms with Gasteiger partial charge in [0.2, 0.25) is 10.0 Å². The molecule has 1 saturated heterocycles. The highest BCUT2D eigenvalue weighted by Crippen LogP contribution is 2.26. The highest BCUT2D eigenvalue weighted by atomic mass is 32.2. The van der Waals surface area contributed by atoms with Crippen LogP contribution in [0.2, 0.25) is 0 Å². The SMILES string of the molecule is CCCCC.Cc1ccc(S(=O)(=O)N(Cc2ccc3nonc3c2)C2CCNCC2)cc1. The number of aromatic nitrogens is 2. The number of hydrogen-bond donors (Lipinski definition) is 1. The quantitative estimate of drug-likeness (QED) is 0.553. The maximum Gasteiger partial charge on any atom is 0.243 e. The highest BCUT2D eigenvalue weighted by Gasteiger charge is 2.32. The third kappa shape index (κ3) is 6.15. The highest BCUT2D eigenvalue weighted by molar-refractivity contribution is 7.89. The lowest BCUT2D eigenvalue weighted by Crippen LogP contribution is -2.45. The van der Waals surface area contributed by atoms with Crippen LogP contribution in [0.4, 0.5) is 0 Å². The van der Waals surface area contributed by atoms with Gasteiger partial charge in [0.15, 0.2) is 0 Å². The molecule has 0 radical (unpaired) electrons. The molecule has 4 rings (SSSR count). The van der Waals surface area contributed by atoms with E-state index in [0.717, 1.165) is 37.1 Å². The molecule has 0 atom stereocenters. The van der Waals surface area contributed by atoms with E-state index in [4.69, 9.17) is 4.63 Å². The van der Waals surface area contributed by atoms with E-state index in [-0.39, 0.29) is 6.04 Å². The lowest BCUT2D eigenvalue weighted by atomic mass is 10.1. The van der Waals surface area contributed by atoms with Gasteiger partial charge in [-0.15, -0.1) is 0 Å². The van der Waals surface area contributed by atoms with Gasteiger partial charge in [0.05, 0.1) is 4.90 Å². The van der Waals surface area contributed by atoms with Crippen LogP contribution in [0.25, 0.3) is 11.0 Å². The average Bonchev–Trinajstić information content (AvgIpc) is 3.27. The number of nitrogens with one attached hydrogen (secondary N) is 1. The number of rotatable bonds is 7. The van der Waals surface area contributed by atoms with Gasteiger partial charge in [-0.25, -0.2) is 13.0 Å². The second-order valence-electron chi connectivity index (χ2n) is 8.29. The molecule has 32 heavy (non-hydrogen) atoms. The summed E-state index contributed by atoms with van der Waals surface area (Å²) in [5.41, 5.74) is 3.19. The summed E-state index contributed by atoms with van der Waals surface area (Å²) in [6.07, 6.45) is 5.66. The van der Waals surface area contributed by atoms with Crippen LogP contribution < -0.4 is 5.32 Å². The second kappa shape index (κ2) is 11.5. The van der Waals surface area contributed by atoms with Crippen molar-refractivity contribution in [2.24, 2.45) is 0 Å². The van der Waals surface area contributed by atoms with Gasteiger partial charge in [0, 0.05) is 12.6 Å². The molecule has 1 aliphatic rings. The van der Waals surface area contributed by atoms with E-state index in [1.165, 1.54) is 19.3 Å². The largest absolute Gasteiger partial charge is 0.317 e. The number of hydrogen-bond acceptors (Lipinski definition) is 6. The minimum Gasteiger partial charge on any atom is -0.317 e. The van der Waals surface area contributed by atoms with Crippen LogP contribution in [0.3, 0.4) is 0 Å². The zero-order chi connectivity index (χ0) is 23.0. The zero-order valence-corrected chi connectivity index (χ0v) is 20.1. The smallest absolute Gasteiger partial charge is 0.243 e. The summed E-state index contributed by atoms with van der Waals surface area (Å²) in [4.78, 5) is 0.329. The predicted octanol–water partition coefficient (Wildman–Crippen LogP) is 4.67. The normalized spacial score (nSPS) is 15.0. The Labute approximate surface area is 191 Å². The molecular weight excluding hydrogens is 424 g/mol. The van der Waals surface area contributed by atoms with Crippen molar-refractivity contribution in [2.45, 2.75) is 70.4 Å². The van der Waals surface area contributed by atoms with Gasteiger partial charge >= 0.3 is 0 Å². The van der Waals surface area contributed by atoms with Gasteiger partial charge in [-0.1, -0.05) is 56.9 Å². The topological polar surface area (TPSA) is 88.3 Å². The Bertz CT molecular complexity index is 1070. The molecule has 8 heteroatoms. The first-order valence-electron chi connectivity index (χ1n) is 11.5. The molecule has 174 valence electrons. The maximum absolute atomic E-state index is 13.4. The molecule has 0 saturated carbocycles. The molecule has 1 N–H and O–H groups in total. The van der Waals surface area contributed by atoms with Crippen molar-refractivity contribution in [2.75, 3.05) is 13.1 Å². The Balaban J connectivity index is 0.000000523. The van der Waals surface area contributed by atoms with Gasteiger partial charge < -0.3 is 5.32 Å². The van der Waals surface area contributed by atoms with Crippen molar-refractivity contribution in [3.63, 3.8) is 0 Å². The Hall–Kier alpha value is -2.29. The van der Waals surface area contributed by atoms with Crippen molar-refractivity contribution in [1.82, 2.24) is 19.9 Å². The molecule has 7 nitrogen and oxygen atoms in total. The monoisotopic (exact) mass is 458 g/mol. The van der Waals surface area contributed by atoms with Crippen LogP contribution in [0.1, 0.15) is 57.1 Å². The van der Waals surface area contributed by atoms with Crippen LogP contribution in [0.5, 0.6) is 0 Å². The standard InChI is InChI=1S/C19H22N4O3S.C5H12/c1-14-2-5-17(6-3-14)27(24,25)23(16-8-10-20-11-9-16)13-15-4-7-18-19(12-15)22-26-21-18;1-3-5-4-2/h2-7,12,16,20H,8-11,13H2,1H3;3-5H2,1-2H3. The van der Waals surface area contributed by atoms with Gasteiger partial charge in [-0.2, -0.15) is 4.31 Å². The summed E-state index contributed by atoms with van der Waals surface area (Å²) in [6.45, 7) is 8.30. The van der Waals surface area contributed by atoms with Gasteiger partial charge in [0.1, 0.15) is 11.0 Å². The fourth-order valence-electron chi connectivity index (χ4n) is 3.81. The van der Waals surface area contributed by atoms with Crippen molar-refractivity contribution in [1.29, 1.82) is 0 Å². The number of piperidine rings is 1. The van der Waals surface area contributed by atoms with E-state index in [0.29, 0.717) is 22.5 Å². The molecule has 0 unspecified atom stereocenters. The van der Waals surface area contributed by atoms with Crippen LogP contribution in [-0.2, 0) is 16.6 Å². The van der Waals surface area contributed by atoms with Crippen molar-refractivity contribution >= 4 is 21.1 Å². The van der Waals surface area contributed by atoms with Gasteiger partial charge in [-0.05, 0) is 73.0 Å². The number of fused-ring (bicyclic) bond motifs is 1. The zero-order valence-electron chi connectivity index (χ0n) is 19.3. The molecule has 3 aromatic rings. The van der Waals surface area contributed by atoms with E-state index in [2.05, 4.69) is 29.5 Å².